The molecule has 0 aromatic rings. The molecular weight excluding hydrogens is 160 g/mol. The highest BCUT2D eigenvalue weighted by Gasteiger charge is 2.19. The largest absolute Gasteiger partial charge is 0.299 e. The second-order valence-corrected chi connectivity index (χ2v) is 4.46. The Kier molecular flexibility index (Phi) is 4.24. The van der Waals surface area contributed by atoms with Crippen LogP contribution in [-0.2, 0) is 0 Å². The number of rotatable bonds is 4. The molecule has 1 N–H and O–H groups in total. The molecule has 0 saturated heterocycles. The van der Waals surface area contributed by atoms with E-state index in [1.54, 1.807) is 0 Å². The Morgan fingerprint density at radius 2 is 2.00 bits per heavy atom. The first-order valence-corrected chi connectivity index (χ1v) is 5.38. The van der Waals surface area contributed by atoms with Gasteiger partial charge in [-0.3, -0.25) is 5.32 Å². The predicted octanol–water partition coefficient (Wildman–Crippen LogP) is 2.46. The molecule has 1 atom stereocenters. The molecule has 0 amide bonds. The van der Waals surface area contributed by atoms with E-state index >= 15 is 0 Å². The van der Waals surface area contributed by atoms with Crippen molar-refractivity contribution in [2.75, 3.05) is 0 Å². The Bertz CT molecular complexity index is 175. The van der Waals surface area contributed by atoms with Gasteiger partial charge in [-0.2, -0.15) is 5.26 Å². The van der Waals surface area contributed by atoms with Crippen LogP contribution in [0, 0.1) is 17.2 Å². The van der Waals surface area contributed by atoms with Crippen LogP contribution >= 0.6 is 0 Å². The van der Waals surface area contributed by atoms with Crippen molar-refractivity contribution in [3.05, 3.63) is 0 Å². The molecule has 1 aliphatic carbocycles. The van der Waals surface area contributed by atoms with Crippen LogP contribution in [0.5, 0.6) is 0 Å². The molecule has 0 aromatic carbocycles. The summed E-state index contributed by atoms with van der Waals surface area (Å²) in [5.41, 5.74) is 0. The van der Waals surface area contributed by atoms with Crippen molar-refractivity contribution in [1.29, 1.82) is 5.26 Å². The van der Waals surface area contributed by atoms with Gasteiger partial charge in [0.15, 0.2) is 0 Å². The van der Waals surface area contributed by atoms with Gasteiger partial charge in [0, 0.05) is 6.04 Å². The van der Waals surface area contributed by atoms with Gasteiger partial charge in [-0.15, -0.1) is 0 Å². The van der Waals surface area contributed by atoms with E-state index in [4.69, 9.17) is 5.26 Å². The van der Waals surface area contributed by atoms with Crippen molar-refractivity contribution in [1.82, 2.24) is 5.32 Å². The quantitative estimate of drug-likeness (QED) is 0.721. The monoisotopic (exact) mass is 180 g/mol. The van der Waals surface area contributed by atoms with Crippen molar-refractivity contribution < 1.29 is 0 Å². The lowest BCUT2D eigenvalue weighted by Gasteiger charge is -2.18. The van der Waals surface area contributed by atoms with Crippen LogP contribution < -0.4 is 5.32 Å². The lowest BCUT2D eigenvalue weighted by molar-refractivity contribution is 0.423. The minimum atomic E-state index is 0.0723. The van der Waals surface area contributed by atoms with Gasteiger partial charge in [0.25, 0.3) is 0 Å². The van der Waals surface area contributed by atoms with Gasteiger partial charge in [-0.05, 0) is 25.2 Å². The van der Waals surface area contributed by atoms with Crippen molar-refractivity contribution in [3.8, 4) is 6.07 Å². The van der Waals surface area contributed by atoms with Crippen molar-refractivity contribution >= 4 is 0 Å². The zero-order valence-corrected chi connectivity index (χ0v) is 8.71. The molecule has 1 fully saturated rings. The summed E-state index contributed by atoms with van der Waals surface area (Å²) < 4.78 is 0. The maximum atomic E-state index is 8.92. The van der Waals surface area contributed by atoms with E-state index in [2.05, 4.69) is 25.2 Å². The normalized spacial score (nSPS) is 20.5. The molecule has 2 heteroatoms. The average molecular weight is 180 g/mol. The lowest BCUT2D eigenvalue weighted by atomic mass is 10.0. The fourth-order valence-electron chi connectivity index (χ4n) is 2.01. The highest BCUT2D eigenvalue weighted by atomic mass is 15.0. The maximum absolute atomic E-state index is 8.92. The topological polar surface area (TPSA) is 35.8 Å². The zero-order valence-electron chi connectivity index (χ0n) is 8.71. The van der Waals surface area contributed by atoms with Gasteiger partial charge in [0.05, 0.1) is 12.1 Å². The molecular formula is C11H20N2. The average Bonchev–Trinajstić information content (AvgIpc) is 2.55. The van der Waals surface area contributed by atoms with Crippen LogP contribution in [0.25, 0.3) is 0 Å². The summed E-state index contributed by atoms with van der Waals surface area (Å²) in [7, 11) is 0. The molecule has 0 heterocycles. The summed E-state index contributed by atoms with van der Waals surface area (Å²) in [4.78, 5) is 0. The predicted molar refractivity (Wildman–Crippen MR) is 54.2 cm³/mol. The Balaban J connectivity index is 2.27. The second-order valence-electron chi connectivity index (χ2n) is 4.46. The second kappa shape index (κ2) is 5.24. The zero-order chi connectivity index (χ0) is 9.68. The molecule has 1 unspecified atom stereocenters. The third-order valence-electron chi connectivity index (χ3n) is 2.66. The van der Waals surface area contributed by atoms with E-state index in [-0.39, 0.29) is 6.04 Å². The summed E-state index contributed by atoms with van der Waals surface area (Å²) >= 11 is 0. The summed E-state index contributed by atoms with van der Waals surface area (Å²) in [6.07, 6.45) is 6.16. The molecule has 0 radical (unpaired) electrons. The van der Waals surface area contributed by atoms with Gasteiger partial charge < -0.3 is 0 Å². The molecule has 0 aliphatic heterocycles. The van der Waals surface area contributed by atoms with Crippen molar-refractivity contribution in [3.63, 3.8) is 0 Å². The van der Waals surface area contributed by atoms with Gasteiger partial charge in [0.2, 0.25) is 0 Å². The van der Waals surface area contributed by atoms with Crippen LogP contribution in [0.1, 0.15) is 46.0 Å². The first kappa shape index (κ1) is 10.5. The van der Waals surface area contributed by atoms with Crippen LogP contribution in [0.3, 0.4) is 0 Å². The highest BCUT2D eigenvalue weighted by molar-refractivity contribution is 4.93. The van der Waals surface area contributed by atoms with Gasteiger partial charge in [-0.25, -0.2) is 0 Å². The molecule has 2 nitrogen and oxygen atoms in total. The highest BCUT2D eigenvalue weighted by Crippen LogP contribution is 2.19. The Hall–Kier alpha value is -0.550. The molecule has 0 aromatic heterocycles. The van der Waals surface area contributed by atoms with Crippen LogP contribution in [0.15, 0.2) is 0 Å². The molecule has 0 bridgehead atoms. The van der Waals surface area contributed by atoms with Crippen molar-refractivity contribution in [2.24, 2.45) is 5.92 Å². The molecule has 13 heavy (non-hydrogen) atoms. The molecule has 0 spiro atoms. The SMILES string of the molecule is CC(C)CC(C#N)NC1CCCC1. The number of nitrogens with one attached hydrogen (secondary N) is 1. The first-order valence-electron chi connectivity index (χ1n) is 5.38. The van der Waals surface area contributed by atoms with Gasteiger partial charge in [0.1, 0.15) is 0 Å². The van der Waals surface area contributed by atoms with E-state index in [1.807, 2.05) is 0 Å². The summed E-state index contributed by atoms with van der Waals surface area (Å²) in [6, 6.07) is 3.04. The van der Waals surface area contributed by atoms with Crippen molar-refractivity contribution in [2.45, 2.75) is 58.0 Å². The molecule has 1 aliphatic rings. The minimum absolute atomic E-state index is 0.0723. The lowest BCUT2D eigenvalue weighted by Crippen LogP contribution is -2.36. The Morgan fingerprint density at radius 1 is 1.38 bits per heavy atom. The Labute approximate surface area is 81.3 Å². The van der Waals surface area contributed by atoms with E-state index in [0.717, 1.165) is 6.42 Å². The van der Waals surface area contributed by atoms with Crippen LogP contribution in [0.4, 0.5) is 0 Å². The molecule has 1 saturated carbocycles. The van der Waals surface area contributed by atoms with Crippen LogP contribution in [-0.4, -0.2) is 12.1 Å². The maximum Gasteiger partial charge on any atom is 0.0957 e. The third-order valence-corrected chi connectivity index (χ3v) is 2.66. The number of nitrogens with zero attached hydrogens (tertiary/aromatic N) is 1. The van der Waals surface area contributed by atoms with E-state index < -0.39 is 0 Å². The first-order chi connectivity index (χ1) is 6.22. The standard InChI is InChI=1S/C11H20N2/c1-9(2)7-11(8-12)13-10-5-3-4-6-10/h9-11,13H,3-7H2,1-2H3. The van der Waals surface area contributed by atoms with E-state index in [1.165, 1.54) is 25.7 Å². The summed E-state index contributed by atoms with van der Waals surface area (Å²) in [5, 5.41) is 12.4. The smallest absolute Gasteiger partial charge is 0.0957 e. The minimum Gasteiger partial charge on any atom is -0.299 e. The molecule has 74 valence electrons. The summed E-state index contributed by atoms with van der Waals surface area (Å²) in [5.74, 6) is 0.610. The summed E-state index contributed by atoms with van der Waals surface area (Å²) in [6.45, 7) is 4.33. The van der Waals surface area contributed by atoms with E-state index in [0.29, 0.717) is 12.0 Å². The fraction of sp³-hybridized carbons (Fsp3) is 0.909. The Morgan fingerprint density at radius 3 is 2.46 bits per heavy atom. The van der Waals surface area contributed by atoms with Gasteiger partial charge >= 0.3 is 0 Å². The fourth-order valence-corrected chi connectivity index (χ4v) is 2.01. The van der Waals surface area contributed by atoms with E-state index in [9.17, 15) is 0 Å². The number of hydrogen-bond donors (Lipinski definition) is 1. The van der Waals surface area contributed by atoms with Gasteiger partial charge in [-0.1, -0.05) is 26.7 Å². The number of nitriles is 1. The van der Waals surface area contributed by atoms with Crippen LogP contribution in [0.2, 0.25) is 0 Å². The molecule has 1 rings (SSSR count). The number of hydrogen-bond acceptors (Lipinski definition) is 2. The third kappa shape index (κ3) is 3.78.